The number of halogens is 1. The highest BCUT2D eigenvalue weighted by molar-refractivity contribution is 6.28. The first-order valence-electron chi connectivity index (χ1n) is 11.6. The molecule has 1 aliphatic rings. The van der Waals surface area contributed by atoms with Crippen molar-refractivity contribution in [1.29, 1.82) is 0 Å². The number of anilines is 1. The van der Waals surface area contributed by atoms with Crippen molar-refractivity contribution in [1.82, 2.24) is 19.5 Å². The predicted molar refractivity (Wildman–Crippen MR) is 136 cm³/mol. The molecule has 3 aromatic rings. The normalized spacial score (nSPS) is 22.8. The quantitative estimate of drug-likeness (QED) is 0.247. The van der Waals surface area contributed by atoms with Crippen LogP contribution in [-0.4, -0.2) is 91.1 Å². The molecule has 13 nitrogen and oxygen atoms in total. The van der Waals surface area contributed by atoms with Gasteiger partial charge in [0.15, 0.2) is 34.9 Å². The lowest BCUT2D eigenvalue weighted by Crippen LogP contribution is -2.48. The summed E-state index contributed by atoms with van der Waals surface area (Å²) >= 11 is 6.14. The van der Waals surface area contributed by atoms with Crippen LogP contribution in [0.1, 0.15) is 18.7 Å². The number of nitrogens with zero attached hydrogens (tertiary/aromatic N) is 5. The van der Waals surface area contributed by atoms with E-state index >= 15 is 0 Å². The van der Waals surface area contributed by atoms with E-state index in [0.717, 1.165) is 5.56 Å². The minimum atomic E-state index is -2.17. The molecular weight excluding hydrogens is 534 g/mol. The fraction of sp³-hybridized carbons (Fsp3) is 0.400. The highest BCUT2D eigenvalue weighted by Gasteiger charge is 2.56. The van der Waals surface area contributed by atoms with Crippen molar-refractivity contribution in [2.45, 2.75) is 43.5 Å². The number of benzene rings is 1. The lowest BCUT2D eigenvalue weighted by atomic mass is 9.93. The largest absolute Gasteiger partial charge is 0.479 e. The number of aromatic nitrogens is 4. The Morgan fingerprint density at radius 1 is 1.33 bits per heavy atom. The fourth-order valence-corrected chi connectivity index (χ4v) is 4.20. The van der Waals surface area contributed by atoms with E-state index in [2.05, 4.69) is 20.9 Å². The highest BCUT2D eigenvalue weighted by atomic mass is 35.5. The Hall–Kier alpha value is -3.89. The standard InChI is InChI=1S/C24H26ClN5O6.CO2/c1-4-24(34)16(12-35-15(22(32)33)11-14-9-7-6-8-10-14)36-21(18(24)31)30-13-26-17-19(29(3)5-2)27-23(25)28-20(17)30;2-1-3/h1,6-10,13,15-16,18,21,31,34H,5,11-12H2,2-3H3,(H,32,33);/t15?,16-,18+,21-,24-;/m1./s1. The Kier molecular flexibility index (Phi) is 9.71. The summed E-state index contributed by atoms with van der Waals surface area (Å²) in [5, 5.41) is 31.7. The Morgan fingerprint density at radius 3 is 2.59 bits per heavy atom. The second kappa shape index (κ2) is 12.8. The molecular formula is C25H26ClN5O8. The minimum Gasteiger partial charge on any atom is -0.479 e. The van der Waals surface area contributed by atoms with E-state index in [1.54, 1.807) is 24.3 Å². The van der Waals surface area contributed by atoms with Gasteiger partial charge in [-0.25, -0.2) is 9.78 Å². The third kappa shape index (κ3) is 6.23. The molecule has 39 heavy (non-hydrogen) atoms. The first-order valence-corrected chi connectivity index (χ1v) is 12.0. The summed E-state index contributed by atoms with van der Waals surface area (Å²) in [6, 6.07) is 8.97. The summed E-state index contributed by atoms with van der Waals surface area (Å²) in [4.78, 5) is 42.7. The van der Waals surface area contributed by atoms with Gasteiger partial charge >= 0.3 is 12.1 Å². The Bertz CT molecular complexity index is 1370. The molecule has 0 saturated carbocycles. The van der Waals surface area contributed by atoms with Gasteiger partial charge in [0.2, 0.25) is 5.28 Å². The SMILES string of the molecule is C#C[C@@]1(O)[C@@H](COC(Cc2ccccc2)C(=O)O)O[C@@H](n2cnc3c(N(C)CC)nc(Cl)nc32)[C@@H]1O.O=C=O. The molecule has 0 aliphatic carbocycles. The number of fused-ring (bicyclic) bond motifs is 1. The van der Waals surface area contributed by atoms with Crippen LogP contribution < -0.4 is 4.90 Å². The number of carboxylic acids is 1. The molecule has 2 aromatic heterocycles. The van der Waals surface area contributed by atoms with Crippen molar-refractivity contribution < 1.29 is 39.2 Å². The molecule has 4 rings (SSSR count). The number of hydrogen-bond donors (Lipinski definition) is 3. The van der Waals surface area contributed by atoms with Crippen LogP contribution in [-0.2, 0) is 30.3 Å². The Labute approximate surface area is 228 Å². The van der Waals surface area contributed by atoms with Gasteiger partial charge in [-0.2, -0.15) is 19.6 Å². The number of aliphatic hydroxyl groups is 2. The van der Waals surface area contributed by atoms with Gasteiger partial charge in [-0.05, 0) is 24.1 Å². The number of carbonyl (C=O) groups is 1. The summed E-state index contributed by atoms with van der Waals surface area (Å²) in [6.45, 7) is 2.18. The van der Waals surface area contributed by atoms with Crippen molar-refractivity contribution in [2.24, 2.45) is 0 Å². The Morgan fingerprint density at radius 2 is 2.00 bits per heavy atom. The molecule has 0 spiro atoms. The van der Waals surface area contributed by atoms with Crippen LogP contribution >= 0.6 is 11.6 Å². The van der Waals surface area contributed by atoms with Crippen LogP contribution in [0.4, 0.5) is 5.82 Å². The maximum Gasteiger partial charge on any atom is 0.373 e. The summed E-state index contributed by atoms with van der Waals surface area (Å²) in [7, 11) is 1.82. The van der Waals surface area contributed by atoms with E-state index in [9.17, 15) is 20.1 Å². The van der Waals surface area contributed by atoms with E-state index < -0.39 is 36.1 Å². The number of hydrogen-bond acceptors (Lipinski definition) is 11. The van der Waals surface area contributed by atoms with E-state index in [1.165, 1.54) is 10.9 Å². The average molecular weight is 560 g/mol. The number of aliphatic hydroxyl groups excluding tert-OH is 1. The Balaban J connectivity index is 0.00000134. The maximum atomic E-state index is 11.8. The molecule has 1 unspecified atom stereocenters. The third-order valence-corrected chi connectivity index (χ3v) is 6.39. The number of imidazole rings is 1. The van der Waals surface area contributed by atoms with Crippen molar-refractivity contribution >= 4 is 40.7 Å². The first kappa shape index (κ1) is 29.7. The summed E-state index contributed by atoms with van der Waals surface area (Å²) in [6.07, 6.45) is 2.04. The molecule has 1 fully saturated rings. The lowest BCUT2D eigenvalue weighted by molar-refractivity contribution is -0.191. The average Bonchev–Trinajstić information content (AvgIpc) is 3.45. The van der Waals surface area contributed by atoms with Crippen LogP contribution in [0.25, 0.3) is 11.2 Å². The second-order valence-electron chi connectivity index (χ2n) is 8.52. The monoisotopic (exact) mass is 559 g/mol. The van der Waals surface area contributed by atoms with Gasteiger partial charge in [0.05, 0.1) is 12.9 Å². The molecule has 1 saturated heterocycles. The van der Waals surface area contributed by atoms with Crippen LogP contribution in [0.5, 0.6) is 0 Å². The van der Waals surface area contributed by atoms with Gasteiger partial charge < -0.3 is 29.7 Å². The number of terminal acetylenes is 1. The number of aliphatic carboxylic acids is 1. The summed E-state index contributed by atoms with van der Waals surface area (Å²) in [5.41, 5.74) is -0.728. The van der Waals surface area contributed by atoms with Gasteiger partial charge in [-0.3, -0.25) is 4.57 Å². The molecule has 14 heteroatoms. The van der Waals surface area contributed by atoms with E-state index in [1.807, 2.05) is 24.9 Å². The smallest absolute Gasteiger partial charge is 0.373 e. The minimum absolute atomic E-state index is 0.0376. The zero-order chi connectivity index (χ0) is 28.7. The molecule has 3 N–H and O–H groups in total. The van der Waals surface area contributed by atoms with Crippen molar-refractivity contribution in [3.05, 3.63) is 47.5 Å². The van der Waals surface area contributed by atoms with E-state index in [4.69, 9.17) is 37.1 Å². The fourth-order valence-electron chi connectivity index (χ4n) is 4.04. The third-order valence-electron chi connectivity index (χ3n) is 6.22. The number of ether oxygens (including phenoxy) is 2. The molecule has 0 radical (unpaired) electrons. The van der Waals surface area contributed by atoms with Crippen LogP contribution in [0, 0.1) is 12.3 Å². The summed E-state index contributed by atoms with van der Waals surface area (Å²) in [5.74, 6) is 1.49. The van der Waals surface area contributed by atoms with Gasteiger partial charge in [-0.1, -0.05) is 36.3 Å². The van der Waals surface area contributed by atoms with E-state index in [-0.39, 0.29) is 30.1 Å². The molecule has 5 atom stereocenters. The highest BCUT2D eigenvalue weighted by Crippen LogP contribution is 2.39. The van der Waals surface area contributed by atoms with Crippen molar-refractivity contribution in [2.75, 3.05) is 25.1 Å². The van der Waals surface area contributed by atoms with Gasteiger partial charge in [-0.15, -0.1) is 6.42 Å². The number of carbonyl (C=O) groups excluding carboxylic acids is 2. The van der Waals surface area contributed by atoms with E-state index in [0.29, 0.717) is 17.9 Å². The molecule has 1 aliphatic heterocycles. The molecule has 0 amide bonds. The molecule has 206 valence electrons. The molecule has 1 aromatic carbocycles. The summed E-state index contributed by atoms with van der Waals surface area (Å²) < 4.78 is 12.9. The number of rotatable bonds is 9. The van der Waals surface area contributed by atoms with Gasteiger partial charge in [0.25, 0.3) is 0 Å². The molecule has 0 bridgehead atoms. The lowest BCUT2D eigenvalue weighted by Gasteiger charge is -2.26. The van der Waals surface area contributed by atoms with Crippen LogP contribution in [0.3, 0.4) is 0 Å². The molecule has 3 heterocycles. The zero-order valence-corrected chi connectivity index (χ0v) is 21.7. The first-order chi connectivity index (χ1) is 18.6. The van der Waals surface area contributed by atoms with Crippen LogP contribution in [0.2, 0.25) is 5.28 Å². The van der Waals surface area contributed by atoms with Crippen molar-refractivity contribution in [3.8, 4) is 12.3 Å². The maximum absolute atomic E-state index is 11.8. The predicted octanol–water partition coefficient (Wildman–Crippen LogP) is 0.687. The number of carboxylic acid groups (broad SMARTS) is 1. The topological polar surface area (TPSA) is 177 Å². The second-order valence-corrected chi connectivity index (χ2v) is 8.86. The van der Waals surface area contributed by atoms with Gasteiger partial charge in [0, 0.05) is 20.0 Å². The van der Waals surface area contributed by atoms with Crippen molar-refractivity contribution in [3.63, 3.8) is 0 Å². The zero-order valence-electron chi connectivity index (χ0n) is 21.0. The van der Waals surface area contributed by atoms with Crippen LogP contribution in [0.15, 0.2) is 36.7 Å². The van der Waals surface area contributed by atoms with Gasteiger partial charge in [0.1, 0.15) is 12.2 Å².